The molecular formula is C25H37N3O5. The van der Waals surface area contributed by atoms with E-state index in [2.05, 4.69) is 16.7 Å². The van der Waals surface area contributed by atoms with E-state index in [-0.39, 0.29) is 11.7 Å². The number of rotatable bonds is 10. The van der Waals surface area contributed by atoms with Crippen LogP contribution in [0.3, 0.4) is 0 Å². The number of hydrogen-bond acceptors (Lipinski definition) is 5. The number of phenols is 1. The Labute approximate surface area is 197 Å². The highest BCUT2D eigenvalue weighted by Gasteiger charge is 2.37. The van der Waals surface area contributed by atoms with E-state index in [0.717, 1.165) is 17.7 Å². The Kier molecular flexibility index (Phi) is 10.7. The van der Waals surface area contributed by atoms with Crippen molar-refractivity contribution in [3.63, 3.8) is 0 Å². The first kappa shape index (κ1) is 27.8. The van der Waals surface area contributed by atoms with Crippen LogP contribution in [0.2, 0.25) is 0 Å². The third-order valence-electron chi connectivity index (χ3n) is 5.05. The van der Waals surface area contributed by atoms with Crippen LogP contribution in [0, 0.1) is 18.4 Å². The quantitative estimate of drug-likeness (QED) is 0.281. The lowest BCUT2D eigenvalue weighted by atomic mass is 9.96. The van der Waals surface area contributed by atoms with Crippen LogP contribution in [0.25, 0.3) is 0 Å². The molecule has 3 N–H and O–H groups in total. The third-order valence-corrected chi connectivity index (χ3v) is 5.05. The number of nitrogens with one attached hydrogen (secondary N) is 2. The largest absolute Gasteiger partial charge is 0.508 e. The van der Waals surface area contributed by atoms with E-state index >= 15 is 0 Å². The molecule has 0 aliphatic carbocycles. The second kappa shape index (κ2) is 12.7. The third kappa shape index (κ3) is 8.68. The molecule has 0 spiro atoms. The molecule has 182 valence electrons. The number of nitrogens with zero attached hydrogens (tertiary/aromatic N) is 1. The summed E-state index contributed by atoms with van der Waals surface area (Å²) in [5.41, 5.74) is -0.391. The summed E-state index contributed by atoms with van der Waals surface area (Å²) in [4.78, 5) is 40.1. The van der Waals surface area contributed by atoms with Crippen molar-refractivity contribution in [2.24, 2.45) is 5.92 Å². The topological polar surface area (TPSA) is 108 Å². The van der Waals surface area contributed by atoms with Gasteiger partial charge in [-0.1, -0.05) is 52.2 Å². The van der Waals surface area contributed by atoms with Gasteiger partial charge in [-0.2, -0.15) is 0 Å². The Bertz CT molecular complexity index is 856. The van der Waals surface area contributed by atoms with Crippen molar-refractivity contribution in [2.45, 2.75) is 78.5 Å². The number of benzene rings is 1. The Morgan fingerprint density at radius 1 is 1.24 bits per heavy atom. The van der Waals surface area contributed by atoms with Crippen molar-refractivity contribution in [1.29, 1.82) is 0 Å². The first-order valence-corrected chi connectivity index (χ1v) is 11.3. The first-order valence-electron chi connectivity index (χ1n) is 11.3. The summed E-state index contributed by atoms with van der Waals surface area (Å²) in [6, 6.07) is 6.16. The standard InChI is InChI=1S/C25H37N3O5/c1-8-11-15-26-22(30)21(18-13-12-14-19(29)16-18)28(10-3)23(31)20(17(4)9-2)27-24(32)33-25(5,6)7/h3,12-14,16-17,20-21,29H,8-9,11,15H2,1-2,4-7H3,(H,26,30)(H,27,32). The van der Waals surface area contributed by atoms with Gasteiger partial charge in [0.25, 0.3) is 5.91 Å². The molecule has 0 bridgehead atoms. The van der Waals surface area contributed by atoms with Crippen molar-refractivity contribution in [3.8, 4) is 18.2 Å². The molecule has 3 unspecified atom stereocenters. The molecule has 0 fully saturated rings. The Morgan fingerprint density at radius 2 is 1.91 bits per heavy atom. The van der Waals surface area contributed by atoms with Crippen LogP contribution in [0.4, 0.5) is 4.79 Å². The summed E-state index contributed by atoms with van der Waals surface area (Å²) in [5.74, 6) is -1.43. The second-order valence-electron chi connectivity index (χ2n) is 8.99. The van der Waals surface area contributed by atoms with Gasteiger partial charge in [-0.25, -0.2) is 4.79 Å². The number of terminal acetylenes is 1. The maximum atomic E-state index is 13.6. The molecule has 1 aromatic carbocycles. The molecule has 0 saturated heterocycles. The number of unbranched alkanes of at least 4 members (excludes halogenated alkanes) is 1. The van der Waals surface area contributed by atoms with Crippen molar-refractivity contribution < 1.29 is 24.2 Å². The first-order chi connectivity index (χ1) is 15.4. The van der Waals surface area contributed by atoms with E-state index in [1.54, 1.807) is 39.8 Å². The molecule has 0 aliphatic rings. The average molecular weight is 460 g/mol. The second-order valence-corrected chi connectivity index (χ2v) is 8.99. The van der Waals surface area contributed by atoms with Crippen molar-refractivity contribution in [3.05, 3.63) is 29.8 Å². The van der Waals surface area contributed by atoms with Crippen LogP contribution in [0.1, 0.15) is 72.4 Å². The fraction of sp³-hybridized carbons (Fsp3) is 0.560. The molecule has 3 amide bonds. The normalized spacial score (nSPS) is 13.7. The molecule has 8 nitrogen and oxygen atoms in total. The number of carbonyl (C=O) groups is 3. The molecular weight excluding hydrogens is 422 g/mol. The zero-order valence-electron chi connectivity index (χ0n) is 20.5. The van der Waals surface area contributed by atoms with Gasteiger partial charge in [0, 0.05) is 12.6 Å². The molecule has 0 aliphatic heterocycles. The summed E-state index contributed by atoms with van der Waals surface area (Å²) < 4.78 is 5.32. The van der Waals surface area contributed by atoms with Gasteiger partial charge in [0.15, 0.2) is 0 Å². The van der Waals surface area contributed by atoms with Crippen molar-refractivity contribution in [2.75, 3.05) is 6.54 Å². The lowest BCUT2D eigenvalue weighted by Gasteiger charge is -2.32. The Hall–Kier alpha value is -3.21. The highest BCUT2D eigenvalue weighted by Crippen LogP contribution is 2.26. The van der Waals surface area contributed by atoms with Crippen LogP contribution in [0.15, 0.2) is 24.3 Å². The van der Waals surface area contributed by atoms with Crippen LogP contribution in [0.5, 0.6) is 5.75 Å². The number of aromatic hydroxyl groups is 1. The molecule has 1 aromatic rings. The number of carbonyl (C=O) groups excluding carboxylic acids is 3. The summed E-state index contributed by atoms with van der Waals surface area (Å²) in [6.45, 7) is 11.3. The van der Waals surface area contributed by atoms with Gasteiger partial charge in [0.2, 0.25) is 5.91 Å². The van der Waals surface area contributed by atoms with E-state index in [1.807, 2.05) is 13.8 Å². The van der Waals surface area contributed by atoms with E-state index in [9.17, 15) is 19.5 Å². The molecule has 0 heterocycles. The van der Waals surface area contributed by atoms with Gasteiger partial charge in [-0.05, 0) is 50.8 Å². The predicted octanol–water partition coefficient (Wildman–Crippen LogP) is 3.71. The van der Waals surface area contributed by atoms with Crippen molar-refractivity contribution >= 4 is 17.9 Å². The van der Waals surface area contributed by atoms with E-state index in [1.165, 1.54) is 12.1 Å². The van der Waals surface area contributed by atoms with Crippen LogP contribution >= 0.6 is 0 Å². The van der Waals surface area contributed by atoms with Crippen LogP contribution in [-0.4, -0.2) is 46.1 Å². The molecule has 3 atom stereocenters. The zero-order valence-corrected chi connectivity index (χ0v) is 20.5. The van der Waals surface area contributed by atoms with E-state index in [4.69, 9.17) is 11.2 Å². The lowest BCUT2D eigenvalue weighted by Crippen LogP contribution is -2.53. The van der Waals surface area contributed by atoms with E-state index in [0.29, 0.717) is 18.5 Å². The summed E-state index contributed by atoms with van der Waals surface area (Å²) in [5, 5.41) is 15.4. The monoisotopic (exact) mass is 459 g/mol. The number of ether oxygens (including phenoxy) is 1. The summed E-state index contributed by atoms with van der Waals surface area (Å²) >= 11 is 0. The molecule has 8 heteroatoms. The number of amides is 3. The fourth-order valence-corrected chi connectivity index (χ4v) is 3.13. The highest BCUT2D eigenvalue weighted by atomic mass is 16.6. The minimum atomic E-state index is -1.18. The fourth-order valence-electron chi connectivity index (χ4n) is 3.13. The smallest absolute Gasteiger partial charge is 0.408 e. The van der Waals surface area contributed by atoms with Gasteiger partial charge < -0.3 is 20.5 Å². The lowest BCUT2D eigenvalue weighted by molar-refractivity contribution is -0.139. The maximum Gasteiger partial charge on any atom is 0.408 e. The van der Waals surface area contributed by atoms with Crippen molar-refractivity contribution in [1.82, 2.24) is 15.5 Å². The number of hydrogen-bond donors (Lipinski definition) is 3. The van der Waals surface area contributed by atoms with Gasteiger partial charge in [-0.15, -0.1) is 0 Å². The molecule has 0 saturated carbocycles. The highest BCUT2D eigenvalue weighted by molar-refractivity contribution is 5.93. The average Bonchev–Trinajstić information content (AvgIpc) is 2.73. The summed E-state index contributed by atoms with van der Waals surface area (Å²) in [6.07, 6.45) is 7.19. The molecule has 33 heavy (non-hydrogen) atoms. The minimum Gasteiger partial charge on any atom is -0.508 e. The SMILES string of the molecule is C#CN(C(=O)C(NC(=O)OC(C)(C)C)C(C)CC)C(C(=O)NCCCC)c1cccc(O)c1. The number of alkyl carbamates (subject to hydrolysis) is 1. The number of phenolic OH excluding ortho intramolecular Hbond substituents is 1. The van der Waals surface area contributed by atoms with E-state index < -0.39 is 35.6 Å². The molecule has 0 aromatic heterocycles. The minimum absolute atomic E-state index is 0.0614. The van der Waals surface area contributed by atoms with Gasteiger partial charge in [0.1, 0.15) is 23.4 Å². The predicted molar refractivity (Wildman–Crippen MR) is 127 cm³/mol. The van der Waals surface area contributed by atoms with Gasteiger partial charge in [0.05, 0.1) is 0 Å². The van der Waals surface area contributed by atoms with Gasteiger partial charge in [-0.3, -0.25) is 14.5 Å². The molecule has 1 rings (SSSR count). The maximum absolute atomic E-state index is 13.6. The van der Waals surface area contributed by atoms with Crippen LogP contribution in [-0.2, 0) is 14.3 Å². The Balaban J connectivity index is 3.34. The van der Waals surface area contributed by atoms with Gasteiger partial charge >= 0.3 is 6.09 Å². The zero-order chi connectivity index (χ0) is 25.2. The van der Waals surface area contributed by atoms with Crippen LogP contribution < -0.4 is 10.6 Å². The Morgan fingerprint density at radius 3 is 2.42 bits per heavy atom. The summed E-state index contributed by atoms with van der Waals surface area (Å²) in [7, 11) is 0. The molecule has 0 radical (unpaired) electrons.